The predicted octanol–water partition coefficient (Wildman–Crippen LogP) is 0.450. The number of amides is 1. The molecule has 0 aliphatic heterocycles. The normalized spacial score (nSPS) is 8.40. The van der Waals surface area contributed by atoms with Gasteiger partial charge in [0, 0.05) is 0 Å². The first-order chi connectivity index (χ1) is 4.76. The summed E-state index contributed by atoms with van der Waals surface area (Å²) in [5.41, 5.74) is 4.17. The summed E-state index contributed by atoms with van der Waals surface area (Å²) in [6.07, 6.45) is 0.250. The van der Waals surface area contributed by atoms with E-state index in [0.29, 0.717) is 0 Å². The van der Waals surface area contributed by atoms with Crippen molar-refractivity contribution in [3.8, 4) is 0 Å². The van der Waals surface area contributed by atoms with Crippen molar-refractivity contribution >= 4 is 6.41 Å². The molecule has 10 heavy (non-hydrogen) atoms. The second-order valence-electron chi connectivity index (χ2n) is 1.76. The molecule has 0 saturated carbocycles. The molecular formula is C7H18N2O. The lowest BCUT2D eigenvalue weighted by Gasteiger charge is -2.13. The number of carbonyl (C=O) groups excluding carboxylic acids is 1. The molecule has 62 valence electrons. The fourth-order valence-corrected chi connectivity index (χ4v) is 0.671. The Labute approximate surface area is 63.2 Å². The van der Waals surface area contributed by atoms with Crippen LogP contribution in [-0.2, 0) is 4.79 Å². The zero-order valence-corrected chi connectivity index (χ0v) is 7.13. The van der Waals surface area contributed by atoms with E-state index in [1.54, 1.807) is 0 Å². The molecule has 0 fully saturated rings. The zero-order chi connectivity index (χ0) is 8.41. The monoisotopic (exact) mass is 146 g/mol. The maximum atomic E-state index is 8.58. The van der Waals surface area contributed by atoms with Crippen molar-refractivity contribution in [1.82, 2.24) is 4.90 Å². The minimum Gasteiger partial charge on any atom is -0.372 e. The maximum Gasteiger partial charge on any atom is 0.204 e. The van der Waals surface area contributed by atoms with Crippen molar-refractivity contribution in [3.63, 3.8) is 0 Å². The summed E-state index contributed by atoms with van der Waals surface area (Å²) in [6, 6.07) is 0. The molecule has 0 radical (unpaired) electrons. The van der Waals surface area contributed by atoms with Crippen LogP contribution in [0.15, 0.2) is 0 Å². The van der Waals surface area contributed by atoms with Gasteiger partial charge < -0.3 is 10.6 Å². The number of nitrogens with zero attached hydrogens (tertiary/aromatic N) is 1. The van der Waals surface area contributed by atoms with Crippen LogP contribution in [-0.4, -0.2) is 30.9 Å². The molecule has 0 spiro atoms. The van der Waals surface area contributed by atoms with Gasteiger partial charge in [0.05, 0.1) is 0 Å². The highest BCUT2D eigenvalue weighted by Gasteiger charge is 1.89. The Morgan fingerprint density at radius 2 is 1.40 bits per heavy atom. The Kier molecular flexibility index (Phi) is 13.7. The van der Waals surface area contributed by atoms with Crippen LogP contribution >= 0.6 is 0 Å². The highest BCUT2D eigenvalue weighted by molar-refractivity contribution is 5.42. The molecule has 0 aromatic carbocycles. The van der Waals surface area contributed by atoms with Crippen molar-refractivity contribution in [1.29, 1.82) is 0 Å². The van der Waals surface area contributed by atoms with Crippen LogP contribution in [0.3, 0.4) is 0 Å². The average Bonchev–Trinajstić information content (AvgIpc) is 1.93. The fourth-order valence-electron chi connectivity index (χ4n) is 0.671. The van der Waals surface area contributed by atoms with Crippen LogP contribution in [0.5, 0.6) is 0 Å². The molecule has 0 unspecified atom stereocenters. The third kappa shape index (κ3) is 10.4. The SMILES string of the molecule is CCN(CC)CC.NC=O. The summed E-state index contributed by atoms with van der Waals surface area (Å²) in [7, 11) is 0. The van der Waals surface area contributed by atoms with Gasteiger partial charge in [-0.3, -0.25) is 4.79 Å². The second-order valence-corrected chi connectivity index (χ2v) is 1.76. The van der Waals surface area contributed by atoms with Gasteiger partial charge in [0.2, 0.25) is 6.41 Å². The van der Waals surface area contributed by atoms with E-state index >= 15 is 0 Å². The number of nitrogens with two attached hydrogens (primary N) is 1. The van der Waals surface area contributed by atoms with Gasteiger partial charge >= 0.3 is 0 Å². The molecule has 0 rings (SSSR count). The van der Waals surface area contributed by atoms with Crippen LogP contribution in [0.1, 0.15) is 20.8 Å². The van der Waals surface area contributed by atoms with E-state index in [0.717, 1.165) is 0 Å². The third-order valence-electron chi connectivity index (χ3n) is 1.34. The summed E-state index contributed by atoms with van der Waals surface area (Å²) < 4.78 is 0. The van der Waals surface area contributed by atoms with E-state index in [1.807, 2.05) is 0 Å². The molecule has 0 atom stereocenters. The topological polar surface area (TPSA) is 46.3 Å². The summed E-state index contributed by atoms with van der Waals surface area (Å²) in [6.45, 7) is 10.1. The zero-order valence-electron chi connectivity index (χ0n) is 7.13. The maximum absolute atomic E-state index is 8.58. The summed E-state index contributed by atoms with van der Waals surface area (Å²) >= 11 is 0. The summed E-state index contributed by atoms with van der Waals surface area (Å²) in [5, 5.41) is 0. The third-order valence-corrected chi connectivity index (χ3v) is 1.34. The smallest absolute Gasteiger partial charge is 0.204 e. The van der Waals surface area contributed by atoms with E-state index in [4.69, 9.17) is 4.79 Å². The van der Waals surface area contributed by atoms with Crippen molar-refractivity contribution in [3.05, 3.63) is 0 Å². The van der Waals surface area contributed by atoms with Crippen LogP contribution in [0, 0.1) is 0 Å². The van der Waals surface area contributed by atoms with Gasteiger partial charge in [0.15, 0.2) is 0 Å². The van der Waals surface area contributed by atoms with Crippen LogP contribution in [0.2, 0.25) is 0 Å². The lowest BCUT2D eigenvalue weighted by atomic mass is 10.5. The van der Waals surface area contributed by atoms with Gasteiger partial charge in [0.25, 0.3) is 0 Å². The second kappa shape index (κ2) is 11.3. The van der Waals surface area contributed by atoms with Crippen molar-refractivity contribution in [2.24, 2.45) is 5.73 Å². The van der Waals surface area contributed by atoms with E-state index in [-0.39, 0.29) is 6.41 Å². The van der Waals surface area contributed by atoms with Gasteiger partial charge in [-0.15, -0.1) is 0 Å². The van der Waals surface area contributed by atoms with Gasteiger partial charge in [-0.2, -0.15) is 0 Å². The highest BCUT2D eigenvalue weighted by atomic mass is 16.1. The molecule has 0 heterocycles. The van der Waals surface area contributed by atoms with Gasteiger partial charge in [-0.25, -0.2) is 0 Å². The minimum absolute atomic E-state index is 0.250. The van der Waals surface area contributed by atoms with Gasteiger partial charge in [0.1, 0.15) is 0 Å². The molecular weight excluding hydrogens is 128 g/mol. The van der Waals surface area contributed by atoms with Crippen LogP contribution in [0.25, 0.3) is 0 Å². The van der Waals surface area contributed by atoms with Crippen molar-refractivity contribution < 1.29 is 4.79 Å². The fraction of sp³-hybridized carbons (Fsp3) is 0.857. The number of rotatable bonds is 3. The Morgan fingerprint density at radius 1 is 1.20 bits per heavy atom. The predicted molar refractivity (Wildman–Crippen MR) is 43.7 cm³/mol. The minimum atomic E-state index is 0.250. The highest BCUT2D eigenvalue weighted by Crippen LogP contribution is 1.81. The number of primary amides is 1. The Hall–Kier alpha value is -0.570. The van der Waals surface area contributed by atoms with Gasteiger partial charge in [-0.05, 0) is 19.6 Å². The van der Waals surface area contributed by atoms with Crippen molar-refractivity contribution in [2.45, 2.75) is 20.8 Å². The molecule has 2 N–H and O–H groups in total. The van der Waals surface area contributed by atoms with Crippen LogP contribution < -0.4 is 5.73 Å². The molecule has 0 aliphatic rings. The molecule has 0 saturated heterocycles. The molecule has 3 nitrogen and oxygen atoms in total. The summed E-state index contributed by atoms with van der Waals surface area (Å²) in [5.74, 6) is 0. The van der Waals surface area contributed by atoms with E-state index in [9.17, 15) is 0 Å². The van der Waals surface area contributed by atoms with E-state index in [1.165, 1.54) is 19.6 Å². The first-order valence-corrected chi connectivity index (χ1v) is 3.64. The first kappa shape index (κ1) is 12.1. The lowest BCUT2D eigenvalue weighted by molar-refractivity contribution is -0.106. The molecule has 0 bridgehead atoms. The standard InChI is InChI=1S/C6H15N.CH3NO/c1-4-7(5-2)6-3;2-1-3/h4-6H2,1-3H3;1H,(H2,2,3). The molecule has 0 aliphatic carbocycles. The number of hydrogen-bond acceptors (Lipinski definition) is 2. The quantitative estimate of drug-likeness (QED) is 0.588. The van der Waals surface area contributed by atoms with Crippen LogP contribution in [0.4, 0.5) is 0 Å². The number of carbonyl (C=O) groups is 1. The molecule has 0 aromatic heterocycles. The van der Waals surface area contributed by atoms with E-state index < -0.39 is 0 Å². The Balaban J connectivity index is 0. The lowest BCUT2D eigenvalue weighted by Crippen LogP contribution is -2.21. The molecule has 3 heteroatoms. The number of hydrogen-bond donors (Lipinski definition) is 1. The van der Waals surface area contributed by atoms with E-state index in [2.05, 4.69) is 31.4 Å². The molecule has 0 aromatic rings. The average molecular weight is 146 g/mol. The Bertz CT molecular complexity index is 57.1. The largest absolute Gasteiger partial charge is 0.372 e. The Morgan fingerprint density at radius 3 is 1.40 bits per heavy atom. The van der Waals surface area contributed by atoms with Gasteiger partial charge in [-0.1, -0.05) is 20.8 Å². The summed E-state index contributed by atoms with van der Waals surface area (Å²) in [4.78, 5) is 11.0. The molecule has 1 amide bonds. The first-order valence-electron chi connectivity index (χ1n) is 3.64. The van der Waals surface area contributed by atoms with Crippen molar-refractivity contribution in [2.75, 3.05) is 19.6 Å².